The monoisotopic (exact) mass is 380 g/mol. The SMILES string of the molecule is O=c1cc(CSc2nnnn2Cc2ccco2)c2cc3c(cc2o1)CCC3. The molecule has 1 aliphatic rings. The fourth-order valence-electron chi connectivity index (χ4n) is 3.51. The first-order valence-corrected chi connectivity index (χ1v) is 9.75. The summed E-state index contributed by atoms with van der Waals surface area (Å²) < 4.78 is 12.5. The van der Waals surface area contributed by atoms with Crippen LogP contribution in [0.15, 0.2) is 55.4 Å². The van der Waals surface area contributed by atoms with Gasteiger partial charge in [-0.1, -0.05) is 11.8 Å². The average molecular weight is 380 g/mol. The molecule has 4 aromatic rings. The van der Waals surface area contributed by atoms with E-state index >= 15 is 0 Å². The first-order valence-electron chi connectivity index (χ1n) is 8.76. The van der Waals surface area contributed by atoms with E-state index in [1.165, 1.54) is 22.9 Å². The van der Waals surface area contributed by atoms with Crippen molar-refractivity contribution in [3.05, 3.63) is 69.5 Å². The van der Waals surface area contributed by atoms with Gasteiger partial charge in [0.15, 0.2) is 0 Å². The van der Waals surface area contributed by atoms with Crippen LogP contribution in [0.1, 0.15) is 28.9 Å². The average Bonchev–Trinajstić information content (AvgIpc) is 3.40. The Morgan fingerprint density at radius 1 is 1.19 bits per heavy atom. The van der Waals surface area contributed by atoms with Crippen molar-refractivity contribution in [3.8, 4) is 0 Å². The Bertz CT molecular complexity index is 1160. The number of aryl methyl sites for hydroxylation is 2. The second kappa shape index (κ2) is 6.70. The zero-order valence-corrected chi connectivity index (χ0v) is 15.2. The molecular weight excluding hydrogens is 364 g/mol. The van der Waals surface area contributed by atoms with Crippen LogP contribution in [0.5, 0.6) is 0 Å². The lowest BCUT2D eigenvalue weighted by molar-refractivity contribution is 0.462. The molecule has 0 radical (unpaired) electrons. The van der Waals surface area contributed by atoms with Gasteiger partial charge in [-0.3, -0.25) is 0 Å². The largest absolute Gasteiger partial charge is 0.467 e. The molecule has 0 aliphatic heterocycles. The van der Waals surface area contributed by atoms with Crippen LogP contribution in [0.3, 0.4) is 0 Å². The summed E-state index contributed by atoms with van der Waals surface area (Å²) in [5, 5.41) is 13.5. The molecule has 8 heteroatoms. The number of fused-ring (bicyclic) bond motifs is 2. The number of hydrogen-bond donors (Lipinski definition) is 0. The number of furan rings is 1. The lowest BCUT2D eigenvalue weighted by Gasteiger charge is -2.08. The summed E-state index contributed by atoms with van der Waals surface area (Å²) in [6, 6.07) is 9.47. The molecule has 0 saturated carbocycles. The molecule has 3 aromatic heterocycles. The first-order chi connectivity index (χ1) is 13.3. The summed E-state index contributed by atoms with van der Waals surface area (Å²) in [5.41, 5.74) is 3.91. The van der Waals surface area contributed by atoms with Gasteiger partial charge in [0.1, 0.15) is 17.9 Å². The van der Waals surface area contributed by atoms with Crippen molar-refractivity contribution >= 4 is 22.7 Å². The Morgan fingerprint density at radius 3 is 2.93 bits per heavy atom. The van der Waals surface area contributed by atoms with Gasteiger partial charge in [-0.05, 0) is 70.6 Å². The molecule has 0 N–H and O–H groups in total. The van der Waals surface area contributed by atoms with Gasteiger partial charge in [-0.25, -0.2) is 9.48 Å². The summed E-state index contributed by atoms with van der Waals surface area (Å²) in [5.74, 6) is 1.37. The highest BCUT2D eigenvalue weighted by molar-refractivity contribution is 7.98. The molecule has 0 fully saturated rings. The van der Waals surface area contributed by atoms with Crippen molar-refractivity contribution in [3.63, 3.8) is 0 Å². The smallest absolute Gasteiger partial charge is 0.336 e. The van der Waals surface area contributed by atoms with Gasteiger partial charge in [0, 0.05) is 17.2 Å². The second-order valence-corrected chi connectivity index (χ2v) is 7.49. The van der Waals surface area contributed by atoms with E-state index in [9.17, 15) is 4.79 Å². The topological polar surface area (TPSA) is 87.0 Å². The van der Waals surface area contributed by atoms with E-state index in [-0.39, 0.29) is 5.63 Å². The van der Waals surface area contributed by atoms with Crippen LogP contribution in [0.2, 0.25) is 0 Å². The molecule has 0 amide bonds. The Balaban J connectivity index is 1.44. The maximum Gasteiger partial charge on any atom is 0.336 e. The third-order valence-electron chi connectivity index (χ3n) is 4.78. The molecule has 136 valence electrons. The zero-order chi connectivity index (χ0) is 18.2. The van der Waals surface area contributed by atoms with Crippen molar-refractivity contribution in [2.45, 2.75) is 36.7 Å². The minimum atomic E-state index is -0.328. The summed E-state index contributed by atoms with van der Waals surface area (Å²) >= 11 is 1.49. The number of aromatic nitrogens is 4. The third kappa shape index (κ3) is 3.16. The number of thioether (sulfide) groups is 1. The summed E-state index contributed by atoms with van der Waals surface area (Å²) in [6.07, 6.45) is 4.91. The zero-order valence-electron chi connectivity index (χ0n) is 14.4. The Labute approximate surface area is 158 Å². The molecule has 1 aromatic carbocycles. The number of hydrogen-bond acceptors (Lipinski definition) is 7. The number of tetrazole rings is 1. The maximum absolute atomic E-state index is 12.0. The van der Waals surface area contributed by atoms with Crippen molar-refractivity contribution in [2.24, 2.45) is 0 Å². The predicted octanol–water partition coefficient (Wildman–Crippen LogP) is 3.20. The van der Waals surface area contributed by atoms with Crippen molar-refractivity contribution in [1.29, 1.82) is 0 Å². The van der Waals surface area contributed by atoms with Crippen LogP contribution in [-0.4, -0.2) is 20.2 Å². The van der Waals surface area contributed by atoms with Crippen LogP contribution >= 0.6 is 11.8 Å². The molecule has 0 bridgehead atoms. The quantitative estimate of drug-likeness (QED) is 0.388. The van der Waals surface area contributed by atoms with Gasteiger partial charge in [0.25, 0.3) is 0 Å². The molecule has 27 heavy (non-hydrogen) atoms. The molecule has 0 unspecified atom stereocenters. The lowest BCUT2D eigenvalue weighted by Crippen LogP contribution is -2.04. The van der Waals surface area contributed by atoms with Crippen molar-refractivity contribution < 1.29 is 8.83 Å². The van der Waals surface area contributed by atoms with E-state index in [1.807, 2.05) is 18.2 Å². The van der Waals surface area contributed by atoms with Gasteiger partial charge in [0.2, 0.25) is 5.16 Å². The fourth-order valence-corrected chi connectivity index (χ4v) is 4.37. The van der Waals surface area contributed by atoms with Gasteiger partial charge >= 0.3 is 5.63 Å². The van der Waals surface area contributed by atoms with E-state index in [2.05, 4.69) is 21.6 Å². The molecule has 7 nitrogen and oxygen atoms in total. The number of benzene rings is 1. The van der Waals surface area contributed by atoms with Gasteiger partial charge in [-0.2, -0.15) is 0 Å². The summed E-state index contributed by atoms with van der Waals surface area (Å²) in [6.45, 7) is 0.466. The molecular formula is C19H16N4O3S. The minimum Gasteiger partial charge on any atom is -0.467 e. The molecule has 0 saturated heterocycles. The standard InChI is InChI=1S/C19H16N4O3S/c24-18-9-14(16-7-12-3-1-4-13(12)8-17(16)26-18)11-27-19-20-21-22-23(19)10-15-5-2-6-25-15/h2,5-9H,1,3-4,10-11H2. The molecule has 1 aliphatic carbocycles. The van der Waals surface area contributed by atoms with Crippen LogP contribution in [0, 0.1) is 0 Å². The van der Waals surface area contributed by atoms with E-state index in [0.717, 1.165) is 36.0 Å². The highest BCUT2D eigenvalue weighted by Gasteiger charge is 2.16. The second-order valence-electron chi connectivity index (χ2n) is 6.55. The number of rotatable bonds is 5. The molecule has 0 atom stereocenters. The predicted molar refractivity (Wildman–Crippen MR) is 99.7 cm³/mol. The highest BCUT2D eigenvalue weighted by atomic mass is 32.2. The minimum absolute atomic E-state index is 0.328. The van der Waals surface area contributed by atoms with Crippen LogP contribution < -0.4 is 5.63 Å². The lowest BCUT2D eigenvalue weighted by atomic mass is 10.0. The normalized spacial score (nSPS) is 13.3. The first kappa shape index (κ1) is 16.3. The fraction of sp³-hybridized carbons (Fsp3) is 0.263. The van der Waals surface area contributed by atoms with Crippen LogP contribution in [0.25, 0.3) is 11.0 Å². The highest BCUT2D eigenvalue weighted by Crippen LogP contribution is 2.31. The van der Waals surface area contributed by atoms with E-state index < -0.39 is 0 Å². The van der Waals surface area contributed by atoms with Crippen LogP contribution in [0.4, 0.5) is 0 Å². The van der Waals surface area contributed by atoms with Crippen LogP contribution in [-0.2, 0) is 25.1 Å². The van der Waals surface area contributed by atoms with Crippen molar-refractivity contribution in [2.75, 3.05) is 0 Å². The van der Waals surface area contributed by atoms with Crippen molar-refractivity contribution in [1.82, 2.24) is 20.2 Å². The van der Waals surface area contributed by atoms with Gasteiger partial charge in [0.05, 0.1) is 6.26 Å². The van der Waals surface area contributed by atoms with E-state index in [1.54, 1.807) is 17.0 Å². The molecule has 5 rings (SSSR count). The maximum atomic E-state index is 12.0. The Kier molecular flexibility index (Phi) is 4.05. The van der Waals surface area contributed by atoms with E-state index in [4.69, 9.17) is 8.83 Å². The number of nitrogens with zero attached hydrogens (tertiary/aromatic N) is 4. The summed E-state index contributed by atoms with van der Waals surface area (Å²) in [7, 11) is 0. The molecule has 3 heterocycles. The van der Waals surface area contributed by atoms with E-state index in [0.29, 0.717) is 23.0 Å². The summed E-state index contributed by atoms with van der Waals surface area (Å²) in [4.78, 5) is 12.0. The Morgan fingerprint density at radius 2 is 2.07 bits per heavy atom. The Hall–Kier alpha value is -2.87. The van der Waals surface area contributed by atoms with Gasteiger partial charge in [-0.15, -0.1) is 5.10 Å². The molecule has 0 spiro atoms. The third-order valence-corrected chi connectivity index (χ3v) is 5.79. The van der Waals surface area contributed by atoms with Gasteiger partial charge < -0.3 is 8.83 Å².